The summed E-state index contributed by atoms with van der Waals surface area (Å²) in [6.07, 6.45) is 3.59. The summed E-state index contributed by atoms with van der Waals surface area (Å²) in [4.78, 5) is 18.5. The zero-order chi connectivity index (χ0) is 13.2. The predicted octanol–water partition coefficient (Wildman–Crippen LogP) is 1.26. The van der Waals surface area contributed by atoms with Crippen molar-refractivity contribution in [2.75, 3.05) is 19.7 Å². The van der Waals surface area contributed by atoms with Crippen LogP contribution in [0.4, 0.5) is 0 Å². The lowest BCUT2D eigenvalue weighted by Crippen LogP contribution is -2.44. The second-order valence-corrected chi connectivity index (χ2v) is 5.30. The van der Waals surface area contributed by atoms with E-state index < -0.39 is 0 Å². The van der Waals surface area contributed by atoms with Gasteiger partial charge in [0, 0.05) is 32.5 Å². The highest BCUT2D eigenvalue weighted by Crippen LogP contribution is 2.26. The van der Waals surface area contributed by atoms with Gasteiger partial charge < -0.3 is 14.2 Å². The van der Waals surface area contributed by atoms with Gasteiger partial charge in [-0.05, 0) is 25.7 Å². The molecule has 2 aliphatic heterocycles. The third-order valence-corrected chi connectivity index (χ3v) is 3.85. The van der Waals surface area contributed by atoms with E-state index in [9.17, 15) is 4.79 Å². The molecule has 0 N–H and O–H groups in total. The maximum atomic E-state index is 12.3. The number of aromatic nitrogens is 2. The van der Waals surface area contributed by atoms with Crippen LogP contribution >= 0.6 is 0 Å². The summed E-state index contributed by atoms with van der Waals surface area (Å²) in [5, 5.41) is 3.98. The normalized spacial score (nSPS) is 27.7. The zero-order valence-corrected chi connectivity index (χ0v) is 11.2. The Balaban J connectivity index is 1.65. The molecule has 3 rings (SSSR count). The lowest BCUT2D eigenvalue weighted by atomic mass is 9.97. The number of ether oxygens (including phenoxy) is 1. The monoisotopic (exact) mass is 265 g/mol. The van der Waals surface area contributed by atoms with Gasteiger partial charge in [0.15, 0.2) is 5.82 Å². The minimum Gasteiger partial charge on any atom is -0.368 e. The van der Waals surface area contributed by atoms with E-state index in [0.717, 1.165) is 38.1 Å². The van der Waals surface area contributed by atoms with Crippen molar-refractivity contribution in [3.8, 4) is 0 Å². The number of carbonyl (C=O) groups is 1. The fourth-order valence-electron chi connectivity index (χ4n) is 2.84. The lowest BCUT2D eigenvalue weighted by Gasteiger charge is -2.32. The molecule has 2 fully saturated rings. The Labute approximate surface area is 112 Å². The Morgan fingerprint density at radius 1 is 1.37 bits per heavy atom. The molecule has 104 valence electrons. The van der Waals surface area contributed by atoms with Gasteiger partial charge in [0.25, 0.3) is 5.91 Å². The van der Waals surface area contributed by atoms with Crippen LogP contribution < -0.4 is 0 Å². The first-order chi connectivity index (χ1) is 9.24. The van der Waals surface area contributed by atoms with Crippen molar-refractivity contribution >= 4 is 5.91 Å². The molecular formula is C13H19N3O3. The summed E-state index contributed by atoms with van der Waals surface area (Å²) in [6, 6.07) is 0. The molecule has 2 saturated heterocycles. The van der Waals surface area contributed by atoms with Gasteiger partial charge in [-0.25, -0.2) is 0 Å². The number of likely N-dealkylation sites (tertiary alicyclic amines) is 1. The summed E-state index contributed by atoms with van der Waals surface area (Å²) in [6.45, 7) is 3.98. The van der Waals surface area contributed by atoms with E-state index in [1.165, 1.54) is 0 Å². The number of hydrogen-bond acceptors (Lipinski definition) is 5. The number of aryl methyl sites for hydroxylation is 1. The molecular weight excluding hydrogens is 246 g/mol. The Morgan fingerprint density at radius 2 is 2.26 bits per heavy atom. The maximum absolute atomic E-state index is 12.3. The van der Waals surface area contributed by atoms with Crippen molar-refractivity contribution in [1.82, 2.24) is 15.0 Å². The number of hydrogen-bond donors (Lipinski definition) is 0. The van der Waals surface area contributed by atoms with Crippen LogP contribution in [0, 0.1) is 6.92 Å². The van der Waals surface area contributed by atoms with Gasteiger partial charge in [-0.3, -0.25) is 4.79 Å². The van der Waals surface area contributed by atoms with Crippen molar-refractivity contribution in [3.05, 3.63) is 11.7 Å². The first kappa shape index (κ1) is 12.6. The third kappa shape index (κ3) is 2.63. The number of carbonyl (C=O) groups excluding carboxylic acids is 1. The van der Waals surface area contributed by atoms with E-state index in [4.69, 9.17) is 9.26 Å². The first-order valence-corrected chi connectivity index (χ1v) is 6.94. The molecule has 0 bridgehead atoms. The Hall–Kier alpha value is -1.43. The van der Waals surface area contributed by atoms with E-state index >= 15 is 0 Å². The molecule has 0 unspecified atom stereocenters. The molecule has 6 heteroatoms. The van der Waals surface area contributed by atoms with Crippen LogP contribution in [0.2, 0.25) is 0 Å². The maximum Gasteiger partial charge on any atom is 0.251 e. The molecule has 0 saturated carbocycles. The summed E-state index contributed by atoms with van der Waals surface area (Å²) in [7, 11) is 0. The van der Waals surface area contributed by atoms with E-state index in [0.29, 0.717) is 19.0 Å². The average molecular weight is 265 g/mol. The van der Waals surface area contributed by atoms with E-state index in [2.05, 4.69) is 10.1 Å². The van der Waals surface area contributed by atoms with E-state index in [1.807, 2.05) is 4.90 Å². The molecule has 1 aromatic heterocycles. The van der Waals surface area contributed by atoms with Crippen LogP contribution in [-0.2, 0) is 9.53 Å². The van der Waals surface area contributed by atoms with Crippen LogP contribution in [0.5, 0.6) is 0 Å². The van der Waals surface area contributed by atoms with Crippen molar-refractivity contribution in [3.63, 3.8) is 0 Å². The molecule has 0 spiro atoms. The Kier molecular flexibility index (Phi) is 3.50. The molecule has 3 heterocycles. The standard InChI is InChI=1S/C13H19N3O3/c1-9-14-12(15-19-9)10-4-2-6-16(8-10)13(17)11-5-3-7-18-11/h10-11H,2-8H2,1H3/t10-,11+/m1/s1. The molecule has 0 aromatic carbocycles. The Bertz CT molecular complexity index is 454. The summed E-state index contributed by atoms with van der Waals surface area (Å²) < 4.78 is 10.5. The van der Waals surface area contributed by atoms with Crippen LogP contribution in [0.3, 0.4) is 0 Å². The number of nitrogens with zero attached hydrogens (tertiary/aromatic N) is 3. The second kappa shape index (κ2) is 5.28. The zero-order valence-electron chi connectivity index (χ0n) is 11.2. The van der Waals surface area contributed by atoms with Crippen molar-refractivity contribution in [2.45, 2.75) is 44.6 Å². The SMILES string of the molecule is Cc1nc([C@@H]2CCCN(C(=O)[C@@H]3CCCO3)C2)no1. The van der Waals surface area contributed by atoms with Crippen LogP contribution in [0.25, 0.3) is 0 Å². The molecule has 0 aliphatic carbocycles. The Morgan fingerprint density at radius 3 is 2.95 bits per heavy atom. The highest BCUT2D eigenvalue weighted by Gasteiger charge is 2.33. The summed E-state index contributed by atoms with van der Waals surface area (Å²) in [5.74, 6) is 1.62. The molecule has 6 nitrogen and oxygen atoms in total. The summed E-state index contributed by atoms with van der Waals surface area (Å²) in [5.41, 5.74) is 0. The van der Waals surface area contributed by atoms with Gasteiger partial charge in [0.1, 0.15) is 6.10 Å². The van der Waals surface area contributed by atoms with Gasteiger partial charge in [-0.15, -0.1) is 0 Å². The molecule has 1 amide bonds. The fourth-order valence-corrected chi connectivity index (χ4v) is 2.84. The lowest BCUT2D eigenvalue weighted by molar-refractivity contribution is -0.142. The second-order valence-electron chi connectivity index (χ2n) is 5.30. The largest absolute Gasteiger partial charge is 0.368 e. The third-order valence-electron chi connectivity index (χ3n) is 3.85. The highest BCUT2D eigenvalue weighted by molar-refractivity contribution is 5.81. The van der Waals surface area contributed by atoms with E-state index in [-0.39, 0.29) is 17.9 Å². The van der Waals surface area contributed by atoms with E-state index in [1.54, 1.807) is 6.92 Å². The van der Waals surface area contributed by atoms with Gasteiger partial charge in [-0.2, -0.15) is 4.98 Å². The van der Waals surface area contributed by atoms with Gasteiger partial charge in [-0.1, -0.05) is 5.16 Å². The topological polar surface area (TPSA) is 68.5 Å². The van der Waals surface area contributed by atoms with Crippen LogP contribution in [0.1, 0.15) is 43.3 Å². The van der Waals surface area contributed by atoms with Crippen molar-refractivity contribution in [2.24, 2.45) is 0 Å². The number of rotatable bonds is 2. The van der Waals surface area contributed by atoms with Crippen molar-refractivity contribution in [1.29, 1.82) is 0 Å². The number of amides is 1. The van der Waals surface area contributed by atoms with Crippen molar-refractivity contribution < 1.29 is 14.1 Å². The smallest absolute Gasteiger partial charge is 0.251 e. The quantitative estimate of drug-likeness (QED) is 0.805. The molecule has 2 atom stereocenters. The molecule has 1 aromatic rings. The minimum atomic E-state index is -0.231. The highest BCUT2D eigenvalue weighted by atomic mass is 16.5. The van der Waals surface area contributed by atoms with Gasteiger partial charge >= 0.3 is 0 Å². The first-order valence-electron chi connectivity index (χ1n) is 6.94. The van der Waals surface area contributed by atoms with Gasteiger partial charge in [0.05, 0.1) is 0 Å². The average Bonchev–Trinajstić information content (AvgIpc) is 3.09. The summed E-state index contributed by atoms with van der Waals surface area (Å²) >= 11 is 0. The van der Waals surface area contributed by atoms with Crippen LogP contribution in [0.15, 0.2) is 4.52 Å². The van der Waals surface area contributed by atoms with Crippen LogP contribution in [-0.4, -0.2) is 46.7 Å². The molecule has 19 heavy (non-hydrogen) atoms. The molecule has 0 radical (unpaired) electrons. The predicted molar refractivity (Wildman–Crippen MR) is 66.6 cm³/mol. The fraction of sp³-hybridized carbons (Fsp3) is 0.769. The number of piperidine rings is 1. The molecule has 2 aliphatic rings. The van der Waals surface area contributed by atoms with Gasteiger partial charge in [0.2, 0.25) is 5.89 Å². The minimum absolute atomic E-state index is 0.127.